The minimum absolute atomic E-state index is 0.902. The fourth-order valence-corrected chi connectivity index (χ4v) is 2.88. The highest BCUT2D eigenvalue weighted by Crippen LogP contribution is 2.25. The van der Waals surface area contributed by atoms with Crippen LogP contribution < -0.4 is 5.32 Å². The standard InChI is InChI=1S/C14H16BrNS/c1-9-6-12(7-10(2)14(9)15)16-8-13-5-4-11(3)17-13/h4-7,16H,8H2,1-3H3. The van der Waals surface area contributed by atoms with Gasteiger partial charge in [0, 0.05) is 26.5 Å². The van der Waals surface area contributed by atoms with Gasteiger partial charge in [0.25, 0.3) is 0 Å². The van der Waals surface area contributed by atoms with Crippen LogP contribution in [0.25, 0.3) is 0 Å². The lowest BCUT2D eigenvalue weighted by Gasteiger charge is -2.09. The molecule has 0 fully saturated rings. The van der Waals surface area contributed by atoms with Gasteiger partial charge in [-0.25, -0.2) is 0 Å². The van der Waals surface area contributed by atoms with Gasteiger partial charge < -0.3 is 5.32 Å². The summed E-state index contributed by atoms with van der Waals surface area (Å²) in [6.45, 7) is 7.29. The zero-order chi connectivity index (χ0) is 12.4. The van der Waals surface area contributed by atoms with Gasteiger partial charge in [0.1, 0.15) is 0 Å². The van der Waals surface area contributed by atoms with Crippen molar-refractivity contribution in [3.63, 3.8) is 0 Å². The lowest BCUT2D eigenvalue weighted by atomic mass is 10.1. The number of anilines is 1. The van der Waals surface area contributed by atoms with Crippen molar-refractivity contribution < 1.29 is 0 Å². The number of nitrogens with one attached hydrogen (secondary N) is 1. The monoisotopic (exact) mass is 309 g/mol. The van der Waals surface area contributed by atoms with Crippen molar-refractivity contribution in [2.24, 2.45) is 0 Å². The van der Waals surface area contributed by atoms with Crippen molar-refractivity contribution in [1.29, 1.82) is 0 Å². The van der Waals surface area contributed by atoms with E-state index in [9.17, 15) is 0 Å². The van der Waals surface area contributed by atoms with Gasteiger partial charge in [0.05, 0.1) is 0 Å². The van der Waals surface area contributed by atoms with E-state index in [0.717, 1.165) is 6.54 Å². The molecule has 17 heavy (non-hydrogen) atoms. The maximum Gasteiger partial charge on any atom is 0.0494 e. The molecule has 0 radical (unpaired) electrons. The third-order valence-electron chi connectivity index (χ3n) is 2.70. The van der Waals surface area contributed by atoms with Crippen molar-refractivity contribution in [2.75, 3.05) is 5.32 Å². The van der Waals surface area contributed by atoms with Crippen LogP contribution in [0.4, 0.5) is 5.69 Å². The molecule has 1 nitrogen and oxygen atoms in total. The van der Waals surface area contributed by atoms with Crippen LogP contribution in [-0.2, 0) is 6.54 Å². The average molecular weight is 310 g/mol. The minimum atomic E-state index is 0.902. The molecule has 0 spiro atoms. The lowest BCUT2D eigenvalue weighted by Crippen LogP contribution is -1.98. The molecule has 0 atom stereocenters. The predicted molar refractivity (Wildman–Crippen MR) is 80.0 cm³/mol. The molecule has 2 rings (SSSR count). The Kier molecular flexibility index (Phi) is 3.89. The molecule has 2 aromatic rings. The molecule has 0 saturated heterocycles. The Labute approximate surface area is 115 Å². The fraction of sp³-hybridized carbons (Fsp3) is 0.286. The van der Waals surface area contributed by atoms with Crippen molar-refractivity contribution >= 4 is 33.0 Å². The molecule has 1 aromatic carbocycles. The molecule has 0 aliphatic carbocycles. The van der Waals surface area contributed by atoms with Crippen molar-refractivity contribution in [1.82, 2.24) is 0 Å². The van der Waals surface area contributed by atoms with Gasteiger partial charge in [-0.2, -0.15) is 0 Å². The number of halogens is 1. The Morgan fingerprint density at radius 3 is 2.29 bits per heavy atom. The Bertz CT molecular complexity index is 508. The second-order valence-corrected chi connectivity index (χ2v) is 6.46. The Hall–Kier alpha value is -0.800. The van der Waals surface area contributed by atoms with Crippen LogP contribution in [0.15, 0.2) is 28.7 Å². The van der Waals surface area contributed by atoms with Crippen molar-refractivity contribution in [3.8, 4) is 0 Å². The first-order valence-electron chi connectivity index (χ1n) is 5.62. The molecular formula is C14H16BrNS. The zero-order valence-corrected chi connectivity index (χ0v) is 12.7. The van der Waals surface area contributed by atoms with E-state index < -0.39 is 0 Å². The van der Waals surface area contributed by atoms with Gasteiger partial charge in [-0.15, -0.1) is 11.3 Å². The zero-order valence-electron chi connectivity index (χ0n) is 10.3. The summed E-state index contributed by atoms with van der Waals surface area (Å²) in [6, 6.07) is 8.71. The maximum atomic E-state index is 3.59. The van der Waals surface area contributed by atoms with Crippen LogP contribution in [0.5, 0.6) is 0 Å². The molecule has 1 aromatic heterocycles. The highest BCUT2D eigenvalue weighted by molar-refractivity contribution is 9.10. The number of hydrogen-bond acceptors (Lipinski definition) is 2. The van der Waals surface area contributed by atoms with Gasteiger partial charge in [-0.05, 0) is 56.2 Å². The Morgan fingerprint density at radius 1 is 1.12 bits per heavy atom. The Balaban J connectivity index is 2.09. The van der Waals surface area contributed by atoms with E-state index >= 15 is 0 Å². The van der Waals surface area contributed by atoms with E-state index in [1.807, 2.05) is 11.3 Å². The third-order valence-corrected chi connectivity index (χ3v) is 4.95. The molecular weight excluding hydrogens is 294 g/mol. The van der Waals surface area contributed by atoms with E-state index in [-0.39, 0.29) is 0 Å². The molecule has 3 heteroatoms. The lowest BCUT2D eigenvalue weighted by molar-refractivity contribution is 1.18. The molecule has 90 valence electrons. The number of benzene rings is 1. The first-order valence-corrected chi connectivity index (χ1v) is 7.23. The second kappa shape index (κ2) is 5.23. The fourth-order valence-electron chi connectivity index (χ4n) is 1.82. The predicted octanol–water partition coefficient (Wildman–Crippen LogP) is 5.05. The molecule has 0 bridgehead atoms. The second-order valence-electron chi connectivity index (χ2n) is 4.29. The highest BCUT2D eigenvalue weighted by atomic mass is 79.9. The van der Waals surface area contributed by atoms with Gasteiger partial charge in [0.2, 0.25) is 0 Å². The summed E-state index contributed by atoms with van der Waals surface area (Å²) in [5.74, 6) is 0. The van der Waals surface area contributed by atoms with Crippen LogP contribution in [0, 0.1) is 20.8 Å². The molecule has 0 aliphatic heterocycles. The van der Waals surface area contributed by atoms with Gasteiger partial charge in [-0.3, -0.25) is 0 Å². The maximum absolute atomic E-state index is 3.59. The normalized spacial score (nSPS) is 10.6. The summed E-state index contributed by atoms with van der Waals surface area (Å²) >= 11 is 5.43. The SMILES string of the molecule is Cc1ccc(CNc2cc(C)c(Br)c(C)c2)s1. The third kappa shape index (κ3) is 3.11. The summed E-state index contributed by atoms with van der Waals surface area (Å²) in [5.41, 5.74) is 3.74. The summed E-state index contributed by atoms with van der Waals surface area (Å²) < 4.78 is 1.20. The Morgan fingerprint density at radius 2 is 1.76 bits per heavy atom. The van der Waals surface area contributed by atoms with E-state index in [0.29, 0.717) is 0 Å². The van der Waals surface area contributed by atoms with Crippen LogP contribution in [0.3, 0.4) is 0 Å². The minimum Gasteiger partial charge on any atom is -0.380 e. The highest BCUT2D eigenvalue weighted by Gasteiger charge is 2.02. The number of hydrogen-bond donors (Lipinski definition) is 1. The molecule has 0 amide bonds. The molecule has 0 aliphatic rings. The quantitative estimate of drug-likeness (QED) is 0.836. The molecule has 1 N–H and O–H groups in total. The smallest absolute Gasteiger partial charge is 0.0494 e. The molecule has 0 unspecified atom stereocenters. The van der Waals surface area contributed by atoms with E-state index in [2.05, 4.69) is 66.3 Å². The number of aryl methyl sites for hydroxylation is 3. The topological polar surface area (TPSA) is 12.0 Å². The van der Waals surface area contributed by atoms with Crippen molar-refractivity contribution in [3.05, 3.63) is 49.6 Å². The van der Waals surface area contributed by atoms with Crippen LogP contribution in [-0.4, -0.2) is 0 Å². The average Bonchev–Trinajstić information content (AvgIpc) is 2.69. The van der Waals surface area contributed by atoms with E-state index in [4.69, 9.17) is 0 Å². The van der Waals surface area contributed by atoms with Gasteiger partial charge >= 0.3 is 0 Å². The first kappa shape index (κ1) is 12.7. The number of thiophene rings is 1. The van der Waals surface area contributed by atoms with Gasteiger partial charge in [0.15, 0.2) is 0 Å². The van der Waals surface area contributed by atoms with Gasteiger partial charge in [-0.1, -0.05) is 15.9 Å². The summed E-state index contributed by atoms with van der Waals surface area (Å²) in [4.78, 5) is 2.74. The van der Waals surface area contributed by atoms with Crippen LogP contribution in [0.1, 0.15) is 20.9 Å². The largest absolute Gasteiger partial charge is 0.380 e. The van der Waals surface area contributed by atoms with E-state index in [1.165, 1.54) is 31.0 Å². The van der Waals surface area contributed by atoms with Crippen LogP contribution >= 0.6 is 27.3 Å². The number of rotatable bonds is 3. The van der Waals surface area contributed by atoms with Crippen LogP contribution in [0.2, 0.25) is 0 Å². The first-order chi connectivity index (χ1) is 8.06. The molecule has 1 heterocycles. The molecule has 0 saturated carbocycles. The summed E-state index contributed by atoms with van der Waals surface area (Å²) in [5, 5.41) is 3.47. The summed E-state index contributed by atoms with van der Waals surface area (Å²) in [6.07, 6.45) is 0. The van der Waals surface area contributed by atoms with Crippen molar-refractivity contribution in [2.45, 2.75) is 27.3 Å². The van der Waals surface area contributed by atoms with E-state index in [1.54, 1.807) is 0 Å². The summed E-state index contributed by atoms with van der Waals surface area (Å²) in [7, 11) is 0.